The Kier molecular flexibility index (Phi) is 5.13. The fourth-order valence-corrected chi connectivity index (χ4v) is 2.50. The first-order chi connectivity index (χ1) is 10.1. The Bertz CT molecular complexity index is 723. The summed E-state index contributed by atoms with van der Waals surface area (Å²) in [7, 11) is 3.18. The van der Waals surface area contributed by atoms with Gasteiger partial charge in [0.1, 0.15) is 0 Å². The van der Waals surface area contributed by atoms with E-state index < -0.39 is 0 Å². The van der Waals surface area contributed by atoms with Crippen LogP contribution in [0.5, 0.6) is 11.5 Å². The van der Waals surface area contributed by atoms with Crippen LogP contribution in [0.1, 0.15) is 18.3 Å². The maximum absolute atomic E-state index is 5.38. The third kappa shape index (κ3) is 3.33. The van der Waals surface area contributed by atoms with E-state index in [9.17, 15) is 0 Å². The second-order valence-corrected chi connectivity index (χ2v) is 5.39. The van der Waals surface area contributed by atoms with Crippen LogP contribution < -0.4 is 9.47 Å². The average molecular weight is 371 g/mol. The molecule has 0 saturated carbocycles. The molecule has 1 N–H and O–H groups in total. The molecule has 2 rings (SSSR count). The fourth-order valence-electron chi connectivity index (χ4n) is 1.85. The summed E-state index contributed by atoms with van der Waals surface area (Å²) in [6, 6.07) is 3.72. The molecule has 0 aliphatic heterocycles. The first-order valence-electron chi connectivity index (χ1n) is 6.22. The molecule has 1 aromatic carbocycles. The fraction of sp³-hybridized carbons (Fsp3) is 0.308. The highest BCUT2D eigenvalue weighted by molar-refractivity contribution is 9.10. The van der Waals surface area contributed by atoms with E-state index in [1.54, 1.807) is 25.1 Å². The van der Waals surface area contributed by atoms with Crippen LogP contribution in [0.25, 0.3) is 0 Å². The minimum atomic E-state index is 0.448. The topological polar surface area (TPSA) is 64.4 Å². The molecular formula is C13H15BrN4O2S. The van der Waals surface area contributed by atoms with Gasteiger partial charge in [-0.15, -0.1) is 0 Å². The van der Waals surface area contributed by atoms with Gasteiger partial charge >= 0.3 is 0 Å². The average Bonchev–Trinajstić information content (AvgIpc) is 2.84. The molecule has 8 heteroatoms. The first kappa shape index (κ1) is 15.7. The van der Waals surface area contributed by atoms with E-state index in [1.807, 2.05) is 19.1 Å². The van der Waals surface area contributed by atoms with Crippen molar-refractivity contribution in [1.29, 1.82) is 0 Å². The lowest BCUT2D eigenvalue weighted by molar-refractivity contribution is 0.354. The number of hydrogen-bond donors (Lipinski definition) is 1. The molecule has 0 fully saturated rings. The minimum Gasteiger partial charge on any atom is -0.493 e. The zero-order chi connectivity index (χ0) is 15.4. The van der Waals surface area contributed by atoms with Gasteiger partial charge in [0.2, 0.25) is 4.77 Å². The number of rotatable bonds is 5. The van der Waals surface area contributed by atoms with Crippen molar-refractivity contribution < 1.29 is 9.47 Å². The third-order valence-electron chi connectivity index (χ3n) is 2.82. The maximum atomic E-state index is 5.38. The van der Waals surface area contributed by atoms with Crippen LogP contribution in [0, 0.1) is 4.77 Å². The highest BCUT2D eigenvalue weighted by atomic mass is 79.9. The van der Waals surface area contributed by atoms with Gasteiger partial charge in [0.25, 0.3) is 0 Å². The summed E-state index contributed by atoms with van der Waals surface area (Å²) in [5.74, 6) is 1.99. The maximum Gasteiger partial charge on any atom is 0.216 e. The van der Waals surface area contributed by atoms with Crippen LogP contribution in [0.2, 0.25) is 0 Å². The molecule has 112 valence electrons. The molecule has 21 heavy (non-hydrogen) atoms. The zero-order valence-electron chi connectivity index (χ0n) is 11.9. The molecule has 0 saturated heterocycles. The van der Waals surface area contributed by atoms with Crippen LogP contribution in [0.4, 0.5) is 0 Å². The molecular weight excluding hydrogens is 356 g/mol. The summed E-state index contributed by atoms with van der Waals surface area (Å²) in [5, 5.41) is 11.2. The molecule has 0 atom stereocenters. The summed E-state index contributed by atoms with van der Waals surface area (Å²) in [6.45, 7) is 1.99. The van der Waals surface area contributed by atoms with Crippen molar-refractivity contribution >= 4 is 34.4 Å². The van der Waals surface area contributed by atoms with Gasteiger partial charge < -0.3 is 9.47 Å². The monoisotopic (exact) mass is 370 g/mol. The lowest BCUT2D eigenvalue weighted by Crippen LogP contribution is -2.00. The number of halogens is 1. The standard InChI is InChI=1S/C13H15BrN4O2S/c1-4-11-16-17-13(21)18(11)15-7-8-5-9(14)6-10(19-2)12(8)20-3/h5-7H,4H2,1-3H3,(H,17,21)/b15-7-. The van der Waals surface area contributed by atoms with E-state index in [0.717, 1.165) is 22.3 Å². The van der Waals surface area contributed by atoms with Crippen molar-refractivity contribution in [3.63, 3.8) is 0 Å². The van der Waals surface area contributed by atoms with Gasteiger partial charge in [0.05, 0.1) is 20.4 Å². The van der Waals surface area contributed by atoms with Crippen LogP contribution in [0.3, 0.4) is 0 Å². The second-order valence-electron chi connectivity index (χ2n) is 4.09. The number of H-pyrrole nitrogens is 1. The highest BCUT2D eigenvalue weighted by Gasteiger charge is 2.10. The van der Waals surface area contributed by atoms with E-state index in [4.69, 9.17) is 21.7 Å². The first-order valence-corrected chi connectivity index (χ1v) is 7.43. The Morgan fingerprint density at radius 1 is 1.43 bits per heavy atom. The minimum absolute atomic E-state index is 0.448. The van der Waals surface area contributed by atoms with Crippen LogP contribution in [-0.4, -0.2) is 35.3 Å². The number of aryl methyl sites for hydroxylation is 1. The summed E-state index contributed by atoms with van der Waals surface area (Å²) < 4.78 is 13.6. The van der Waals surface area contributed by atoms with Crippen molar-refractivity contribution in [2.24, 2.45) is 5.10 Å². The van der Waals surface area contributed by atoms with Gasteiger partial charge in [-0.25, -0.2) is 0 Å². The van der Waals surface area contributed by atoms with Gasteiger partial charge in [-0.1, -0.05) is 22.9 Å². The zero-order valence-corrected chi connectivity index (χ0v) is 14.3. The number of nitrogens with zero attached hydrogens (tertiary/aromatic N) is 3. The molecule has 0 aliphatic carbocycles. The number of benzene rings is 1. The van der Waals surface area contributed by atoms with E-state index in [0.29, 0.717) is 16.3 Å². The summed E-state index contributed by atoms with van der Waals surface area (Å²) >= 11 is 8.59. The molecule has 1 aromatic heterocycles. The number of hydrogen-bond acceptors (Lipinski definition) is 5. The Labute approximate surface area is 135 Å². The predicted octanol–water partition coefficient (Wildman–Crippen LogP) is 3.16. The predicted molar refractivity (Wildman–Crippen MR) is 87.0 cm³/mol. The number of nitrogens with one attached hydrogen (secondary N) is 1. The van der Waals surface area contributed by atoms with E-state index in [2.05, 4.69) is 31.2 Å². The SMILES string of the molecule is CCc1n[nH]c(=S)n1/N=C\c1cc(Br)cc(OC)c1OC. The van der Waals surface area contributed by atoms with Crippen LogP contribution in [-0.2, 0) is 6.42 Å². The largest absolute Gasteiger partial charge is 0.493 e. The summed E-state index contributed by atoms with van der Waals surface area (Å²) in [5.41, 5.74) is 0.772. The van der Waals surface area contributed by atoms with Gasteiger partial charge in [0.15, 0.2) is 17.3 Å². The molecule has 0 amide bonds. The molecule has 0 radical (unpaired) electrons. The number of methoxy groups -OCH3 is 2. The Morgan fingerprint density at radius 2 is 2.19 bits per heavy atom. The summed E-state index contributed by atoms with van der Waals surface area (Å²) in [4.78, 5) is 0. The van der Waals surface area contributed by atoms with Crippen molar-refractivity contribution in [2.75, 3.05) is 14.2 Å². The Balaban J connectivity index is 2.48. The van der Waals surface area contributed by atoms with Gasteiger partial charge in [-0.3, -0.25) is 5.10 Å². The molecule has 0 aliphatic rings. The smallest absolute Gasteiger partial charge is 0.216 e. The van der Waals surface area contributed by atoms with Crippen molar-refractivity contribution in [3.8, 4) is 11.5 Å². The second kappa shape index (κ2) is 6.86. The molecule has 1 heterocycles. The number of ether oxygens (including phenoxy) is 2. The third-order valence-corrected chi connectivity index (χ3v) is 3.54. The number of aromatic amines is 1. The molecule has 0 bridgehead atoms. The molecule has 2 aromatic rings. The van der Waals surface area contributed by atoms with Gasteiger partial charge in [-0.2, -0.15) is 14.9 Å². The van der Waals surface area contributed by atoms with Crippen molar-refractivity contribution in [2.45, 2.75) is 13.3 Å². The highest BCUT2D eigenvalue weighted by Crippen LogP contribution is 2.33. The van der Waals surface area contributed by atoms with Crippen LogP contribution in [0.15, 0.2) is 21.7 Å². The van der Waals surface area contributed by atoms with E-state index >= 15 is 0 Å². The van der Waals surface area contributed by atoms with Gasteiger partial charge in [-0.05, 0) is 24.4 Å². The van der Waals surface area contributed by atoms with Crippen molar-refractivity contribution in [1.82, 2.24) is 14.9 Å². The van der Waals surface area contributed by atoms with E-state index in [1.165, 1.54) is 0 Å². The normalized spacial score (nSPS) is 11.0. The van der Waals surface area contributed by atoms with Crippen molar-refractivity contribution in [3.05, 3.63) is 32.8 Å². The Hall–Kier alpha value is -1.67. The van der Waals surface area contributed by atoms with E-state index in [-0.39, 0.29) is 0 Å². The lowest BCUT2D eigenvalue weighted by atomic mass is 10.2. The molecule has 0 spiro atoms. The molecule has 0 unspecified atom stereocenters. The molecule has 6 nitrogen and oxygen atoms in total. The van der Waals surface area contributed by atoms with Gasteiger partial charge in [0, 0.05) is 16.5 Å². The lowest BCUT2D eigenvalue weighted by Gasteiger charge is -2.10. The quantitative estimate of drug-likeness (QED) is 0.648. The number of aromatic nitrogens is 3. The van der Waals surface area contributed by atoms with Crippen LogP contribution >= 0.6 is 28.1 Å². The summed E-state index contributed by atoms with van der Waals surface area (Å²) in [6.07, 6.45) is 2.39. The Morgan fingerprint density at radius 3 is 2.81 bits per heavy atom.